The van der Waals surface area contributed by atoms with Gasteiger partial charge in [0.25, 0.3) is 0 Å². The second-order valence-electron chi connectivity index (χ2n) is 5.22. The standard InChI is InChI=1S/C14H24N2O10.K.H/c17-11(18)7-15(8-12(19)20)1-3-25-5-6-26-4-2-16(9-13(21)22)10-14(23)24;;/h1-10H2,(H,17,18)(H,19,20)(H,21,22)(H,23,24);;. The Hall–Kier alpha value is -0.644. The molecule has 0 fully saturated rings. The molecule has 0 unspecified atom stereocenters. The van der Waals surface area contributed by atoms with E-state index in [9.17, 15) is 19.2 Å². The molecule has 27 heavy (non-hydrogen) atoms. The van der Waals surface area contributed by atoms with Gasteiger partial charge in [-0.15, -0.1) is 0 Å². The Morgan fingerprint density at radius 2 is 0.815 bits per heavy atom. The maximum absolute atomic E-state index is 10.6. The Labute approximate surface area is 198 Å². The Kier molecular flexibility index (Phi) is 18.5. The molecule has 0 spiro atoms. The summed E-state index contributed by atoms with van der Waals surface area (Å²) in [6.07, 6.45) is 0. The number of carboxylic acids is 4. The normalized spacial score (nSPS) is 10.6. The first-order valence-corrected chi connectivity index (χ1v) is 7.68. The van der Waals surface area contributed by atoms with Crippen LogP contribution in [0.1, 0.15) is 0 Å². The maximum atomic E-state index is 10.6. The van der Waals surface area contributed by atoms with Crippen molar-refractivity contribution < 1.29 is 49.1 Å². The van der Waals surface area contributed by atoms with Gasteiger partial charge >= 0.3 is 75.3 Å². The van der Waals surface area contributed by atoms with E-state index in [4.69, 9.17) is 29.9 Å². The summed E-state index contributed by atoms with van der Waals surface area (Å²) in [7, 11) is 0. The molecule has 0 aromatic heterocycles. The number of nitrogens with zero attached hydrogens (tertiary/aromatic N) is 2. The summed E-state index contributed by atoms with van der Waals surface area (Å²) >= 11 is 0. The quantitative estimate of drug-likeness (QED) is 0.142. The van der Waals surface area contributed by atoms with Gasteiger partial charge in [0.05, 0.1) is 52.6 Å². The van der Waals surface area contributed by atoms with Gasteiger partial charge in [-0.2, -0.15) is 0 Å². The summed E-state index contributed by atoms with van der Waals surface area (Å²) in [6, 6.07) is 0. The zero-order valence-corrected chi connectivity index (χ0v) is 14.2. The van der Waals surface area contributed by atoms with Crippen molar-refractivity contribution in [3.8, 4) is 0 Å². The molecule has 0 bridgehead atoms. The number of carbonyl (C=O) groups is 4. The van der Waals surface area contributed by atoms with Gasteiger partial charge in [-0.25, -0.2) is 0 Å². The average molecular weight is 420 g/mol. The van der Waals surface area contributed by atoms with Gasteiger partial charge in [0.1, 0.15) is 0 Å². The van der Waals surface area contributed by atoms with E-state index >= 15 is 0 Å². The minimum atomic E-state index is -1.14. The van der Waals surface area contributed by atoms with Crippen molar-refractivity contribution in [2.45, 2.75) is 0 Å². The molecule has 0 amide bonds. The van der Waals surface area contributed by atoms with Crippen LogP contribution in [0.25, 0.3) is 0 Å². The molecule has 0 heterocycles. The molecule has 0 saturated carbocycles. The summed E-state index contributed by atoms with van der Waals surface area (Å²) < 4.78 is 10.4. The molecule has 0 aliphatic rings. The number of hydrogen-bond acceptors (Lipinski definition) is 8. The van der Waals surface area contributed by atoms with Crippen molar-refractivity contribution >= 4 is 75.3 Å². The number of ether oxygens (including phenoxy) is 2. The van der Waals surface area contributed by atoms with Crippen molar-refractivity contribution in [2.24, 2.45) is 0 Å². The molecule has 0 aliphatic heterocycles. The van der Waals surface area contributed by atoms with E-state index in [0.717, 1.165) is 0 Å². The summed E-state index contributed by atoms with van der Waals surface area (Å²) in [5.41, 5.74) is 0. The number of carboxylic acid groups (broad SMARTS) is 4. The number of aliphatic carboxylic acids is 4. The molecule has 0 saturated heterocycles. The van der Waals surface area contributed by atoms with Crippen LogP contribution in [0.4, 0.5) is 0 Å². The van der Waals surface area contributed by atoms with Crippen LogP contribution in [0.2, 0.25) is 0 Å². The predicted octanol–water partition coefficient (Wildman–Crippen LogP) is -2.69. The summed E-state index contributed by atoms with van der Waals surface area (Å²) in [6.45, 7) is -0.790. The number of rotatable bonds is 17. The fourth-order valence-electron chi connectivity index (χ4n) is 1.90. The van der Waals surface area contributed by atoms with Gasteiger partial charge in [-0.05, 0) is 0 Å². The Morgan fingerprint density at radius 3 is 1.04 bits per heavy atom. The third kappa shape index (κ3) is 19.9. The van der Waals surface area contributed by atoms with E-state index in [1.165, 1.54) is 9.80 Å². The molecule has 12 nitrogen and oxygen atoms in total. The van der Waals surface area contributed by atoms with Crippen molar-refractivity contribution in [1.29, 1.82) is 0 Å². The van der Waals surface area contributed by atoms with E-state index in [2.05, 4.69) is 0 Å². The molecule has 0 rings (SSSR count). The SMILES string of the molecule is O=C(O)CN(CCOCCOCCN(CC(=O)O)CC(=O)O)CC(=O)O.[KH]. The Bertz CT molecular complexity index is 403. The predicted molar refractivity (Wildman–Crippen MR) is 92.2 cm³/mol. The van der Waals surface area contributed by atoms with Crippen molar-refractivity contribution in [3.63, 3.8) is 0 Å². The first-order chi connectivity index (χ1) is 12.2. The number of hydrogen-bond donors (Lipinski definition) is 4. The Morgan fingerprint density at radius 1 is 0.556 bits per heavy atom. The Balaban J connectivity index is 0. The second kappa shape index (κ2) is 17.5. The van der Waals surface area contributed by atoms with Gasteiger partial charge in [0, 0.05) is 13.1 Å². The molecule has 0 aromatic rings. The van der Waals surface area contributed by atoms with Crippen LogP contribution < -0.4 is 0 Å². The molecule has 0 radical (unpaired) electrons. The van der Waals surface area contributed by atoms with E-state index < -0.39 is 50.1 Å². The minimum absolute atomic E-state index is 0. The van der Waals surface area contributed by atoms with Gasteiger partial charge in [0.15, 0.2) is 0 Å². The van der Waals surface area contributed by atoms with Crippen LogP contribution in [0.5, 0.6) is 0 Å². The van der Waals surface area contributed by atoms with Crippen LogP contribution in [0, 0.1) is 0 Å². The van der Waals surface area contributed by atoms with Crippen molar-refractivity contribution in [3.05, 3.63) is 0 Å². The van der Waals surface area contributed by atoms with Crippen LogP contribution in [0.3, 0.4) is 0 Å². The molecule has 0 aromatic carbocycles. The molecule has 152 valence electrons. The van der Waals surface area contributed by atoms with Gasteiger partial charge in [0.2, 0.25) is 0 Å². The van der Waals surface area contributed by atoms with E-state index in [1.807, 2.05) is 0 Å². The first kappa shape index (κ1) is 28.6. The van der Waals surface area contributed by atoms with Gasteiger partial charge < -0.3 is 29.9 Å². The first-order valence-electron chi connectivity index (χ1n) is 7.68. The van der Waals surface area contributed by atoms with Crippen LogP contribution >= 0.6 is 0 Å². The summed E-state index contributed by atoms with van der Waals surface area (Å²) in [5.74, 6) is -4.55. The van der Waals surface area contributed by atoms with E-state index in [-0.39, 0.29) is 90.9 Å². The van der Waals surface area contributed by atoms with E-state index in [0.29, 0.717) is 0 Å². The summed E-state index contributed by atoms with van der Waals surface area (Å²) in [4.78, 5) is 44.9. The molecule has 4 N–H and O–H groups in total. The third-order valence-electron chi connectivity index (χ3n) is 2.91. The van der Waals surface area contributed by atoms with Crippen LogP contribution in [-0.4, -0.2) is 171 Å². The molecule has 13 heteroatoms. The molecular formula is C14H25KN2O10. The topological polar surface area (TPSA) is 174 Å². The third-order valence-corrected chi connectivity index (χ3v) is 2.91. The molecular weight excluding hydrogens is 395 g/mol. The van der Waals surface area contributed by atoms with E-state index in [1.54, 1.807) is 0 Å². The molecule has 0 atom stereocenters. The van der Waals surface area contributed by atoms with Crippen molar-refractivity contribution in [2.75, 3.05) is 65.7 Å². The fourth-order valence-corrected chi connectivity index (χ4v) is 1.90. The fraction of sp³-hybridized carbons (Fsp3) is 0.714. The zero-order valence-electron chi connectivity index (χ0n) is 14.2. The van der Waals surface area contributed by atoms with Crippen LogP contribution in [-0.2, 0) is 28.7 Å². The molecule has 0 aliphatic carbocycles. The van der Waals surface area contributed by atoms with Gasteiger partial charge in [-0.3, -0.25) is 29.0 Å². The van der Waals surface area contributed by atoms with Gasteiger partial charge in [-0.1, -0.05) is 0 Å². The zero-order chi connectivity index (χ0) is 19.9. The summed E-state index contributed by atoms with van der Waals surface area (Å²) in [5, 5.41) is 34.7. The van der Waals surface area contributed by atoms with Crippen molar-refractivity contribution in [1.82, 2.24) is 9.80 Å². The van der Waals surface area contributed by atoms with Crippen LogP contribution in [0.15, 0.2) is 0 Å². The monoisotopic (exact) mass is 420 g/mol. The average Bonchev–Trinajstić information content (AvgIpc) is 2.47. The second-order valence-corrected chi connectivity index (χ2v) is 5.22.